The summed E-state index contributed by atoms with van der Waals surface area (Å²) in [7, 11) is 2.10. The van der Waals surface area contributed by atoms with Crippen molar-refractivity contribution in [1.82, 2.24) is 4.90 Å². The Kier molecular flexibility index (Phi) is 4.25. The van der Waals surface area contributed by atoms with Crippen LogP contribution in [0.5, 0.6) is 0 Å². The van der Waals surface area contributed by atoms with Gasteiger partial charge in [-0.15, -0.1) is 0 Å². The van der Waals surface area contributed by atoms with Gasteiger partial charge >= 0.3 is 0 Å². The predicted molar refractivity (Wildman–Crippen MR) is 107 cm³/mol. The van der Waals surface area contributed by atoms with E-state index < -0.39 is 0 Å². The zero-order valence-electron chi connectivity index (χ0n) is 15.2. The van der Waals surface area contributed by atoms with E-state index in [0.717, 1.165) is 30.0 Å². The number of amides is 1. The molecule has 1 amide bonds. The van der Waals surface area contributed by atoms with Crippen molar-refractivity contribution in [2.45, 2.75) is 19.8 Å². The first-order chi connectivity index (χ1) is 12.6. The molecule has 26 heavy (non-hydrogen) atoms. The highest BCUT2D eigenvalue weighted by atomic mass is 16.1. The second-order valence-corrected chi connectivity index (χ2v) is 7.09. The molecule has 0 saturated carbocycles. The second-order valence-electron chi connectivity index (χ2n) is 7.09. The summed E-state index contributed by atoms with van der Waals surface area (Å²) in [6, 6.07) is 14.4. The minimum atomic E-state index is 0.0775. The molecule has 132 valence electrons. The van der Waals surface area contributed by atoms with Crippen LogP contribution < -0.4 is 10.6 Å². The molecule has 4 nitrogen and oxygen atoms in total. The fourth-order valence-electron chi connectivity index (χ4n) is 3.62. The Bertz CT molecular complexity index is 912. The molecule has 2 aliphatic rings. The number of rotatable bonds is 3. The molecule has 4 rings (SSSR count). The largest absolute Gasteiger partial charge is 0.376 e. The molecule has 2 aromatic carbocycles. The average molecular weight is 345 g/mol. The standard InChI is InChI=1S/C22H23N3O/c1-15-10-18(14-25(2)13-15)17-11-16-8-9-21(26)24-22(16)20(12-17)23-19-6-4-3-5-7-19/h3-7,10-12,14,23H,8-9,13H2,1-2H3,(H,24,26). The van der Waals surface area contributed by atoms with E-state index in [1.807, 2.05) is 30.3 Å². The molecule has 2 N–H and O–H groups in total. The van der Waals surface area contributed by atoms with Gasteiger partial charge < -0.3 is 15.5 Å². The monoisotopic (exact) mass is 345 g/mol. The Morgan fingerprint density at radius 3 is 2.69 bits per heavy atom. The highest BCUT2D eigenvalue weighted by Crippen LogP contribution is 2.37. The van der Waals surface area contributed by atoms with Crippen molar-refractivity contribution in [1.29, 1.82) is 0 Å². The van der Waals surface area contributed by atoms with Gasteiger partial charge in [0.1, 0.15) is 0 Å². The van der Waals surface area contributed by atoms with Crippen LogP contribution in [0.25, 0.3) is 5.57 Å². The number of likely N-dealkylation sites (N-methyl/N-ethyl adjacent to an activating group) is 1. The Hall–Kier alpha value is -3.01. The first-order valence-corrected chi connectivity index (χ1v) is 8.97. The number of carbonyl (C=O) groups is 1. The lowest BCUT2D eigenvalue weighted by Crippen LogP contribution is -2.21. The maximum absolute atomic E-state index is 11.9. The van der Waals surface area contributed by atoms with Gasteiger partial charge in [0.15, 0.2) is 0 Å². The molecule has 0 bridgehead atoms. The first-order valence-electron chi connectivity index (χ1n) is 8.97. The van der Waals surface area contributed by atoms with Crippen molar-refractivity contribution < 1.29 is 4.79 Å². The maximum Gasteiger partial charge on any atom is 0.224 e. The van der Waals surface area contributed by atoms with Crippen molar-refractivity contribution in [2.24, 2.45) is 0 Å². The molecule has 0 saturated heterocycles. The molecule has 4 heteroatoms. The van der Waals surface area contributed by atoms with Crippen molar-refractivity contribution in [3.8, 4) is 0 Å². The van der Waals surface area contributed by atoms with E-state index in [4.69, 9.17) is 0 Å². The Morgan fingerprint density at radius 1 is 1.12 bits per heavy atom. The molecule has 0 atom stereocenters. The normalized spacial score (nSPS) is 16.4. The highest BCUT2D eigenvalue weighted by molar-refractivity contribution is 5.99. The third kappa shape index (κ3) is 3.36. The molecule has 0 unspecified atom stereocenters. The van der Waals surface area contributed by atoms with E-state index in [1.165, 1.54) is 22.3 Å². The summed E-state index contributed by atoms with van der Waals surface area (Å²) in [4.78, 5) is 14.1. The number of allylic oxidation sites excluding steroid dienone is 2. The molecular formula is C22H23N3O. The lowest BCUT2D eigenvalue weighted by atomic mass is 9.94. The van der Waals surface area contributed by atoms with E-state index in [0.29, 0.717) is 6.42 Å². The van der Waals surface area contributed by atoms with Crippen LogP contribution in [-0.2, 0) is 11.2 Å². The topological polar surface area (TPSA) is 44.4 Å². The van der Waals surface area contributed by atoms with Gasteiger partial charge in [-0.1, -0.05) is 29.8 Å². The Morgan fingerprint density at radius 2 is 1.92 bits per heavy atom. The fourth-order valence-corrected chi connectivity index (χ4v) is 3.62. The minimum Gasteiger partial charge on any atom is -0.376 e. The number of nitrogens with zero attached hydrogens (tertiary/aromatic N) is 1. The molecule has 0 fully saturated rings. The van der Waals surface area contributed by atoms with Crippen LogP contribution in [-0.4, -0.2) is 24.4 Å². The number of anilines is 3. The second kappa shape index (κ2) is 6.71. The smallest absolute Gasteiger partial charge is 0.224 e. The van der Waals surface area contributed by atoms with Gasteiger partial charge in [-0.25, -0.2) is 0 Å². The van der Waals surface area contributed by atoms with E-state index in [1.54, 1.807) is 0 Å². The van der Waals surface area contributed by atoms with Crippen LogP contribution in [0.15, 0.2) is 60.3 Å². The number of hydrogen-bond acceptors (Lipinski definition) is 3. The fraction of sp³-hybridized carbons (Fsp3) is 0.227. The summed E-state index contributed by atoms with van der Waals surface area (Å²) in [5.41, 5.74) is 7.75. The van der Waals surface area contributed by atoms with E-state index in [-0.39, 0.29) is 5.91 Å². The van der Waals surface area contributed by atoms with Crippen LogP contribution in [0.4, 0.5) is 17.1 Å². The van der Waals surface area contributed by atoms with Gasteiger partial charge in [0.05, 0.1) is 11.4 Å². The van der Waals surface area contributed by atoms with Crippen LogP contribution in [0.1, 0.15) is 24.5 Å². The summed E-state index contributed by atoms with van der Waals surface area (Å²) in [6.45, 7) is 3.12. The number of para-hydroxylation sites is 1. The summed E-state index contributed by atoms with van der Waals surface area (Å²) in [5, 5.41) is 6.53. The van der Waals surface area contributed by atoms with Gasteiger partial charge in [0, 0.05) is 31.9 Å². The van der Waals surface area contributed by atoms with Gasteiger partial charge in [-0.05, 0) is 54.3 Å². The summed E-state index contributed by atoms with van der Waals surface area (Å²) in [5.74, 6) is 0.0775. The molecule has 0 aliphatic carbocycles. The van der Waals surface area contributed by atoms with Crippen molar-refractivity contribution in [3.63, 3.8) is 0 Å². The number of benzene rings is 2. The van der Waals surface area contributed by atoms with E-state index >= 15 is 0 Å². The van der Waals surface area contributed by atoms with Crippen LogP contribution >= 0.6 is 0 Å². The third-order valence-corrected chi connectivity index (χ3v) is 4.75. The molecule has 2 aromatic rings. The van der Waals surface area contributed by atoms with Crippen LogP contribution in [0.2, 0.25) is 0 Å². The molecule has 2 heterocycles. The molecule has 0 radical (unpaired) electrons. The van der Waals surface area contributed by atoms with Crippen molar-refractivity contribution >= 4 is 28.5 Å². The Balaban J connectivity index is 1.79. The quantitative estimate of drug-likeness (QED) is 0.858. The van der Waals surface area contributed by atoms with Crippen LogP contribution in [0.3, 0.4) is 0 Å². The number of carbonyl (C=O) groups excluding carboxylic acids is 1. The maximum atomic E-state index is 11.9. The first kappa shape index (κ1) is 16.5. The lowest BCUT2D eigenvalue weighted by molar-refractivity contribution is -0.116. The molecular weight excluding hydrogens is 322 g/mol. The SMILES string of the molecule is CC1=CC(c2cc3c(c(Nc4ccccc4)c2)NC(=O)CC3)=CN(C)C1. The number of aryl methyl sites for hydroxylation is 1. The number of hydrogen-bond donors (Lipinski definition) is 2. The van der Waals surface area contributed by atoms with E-state index in [2.05, 4.69) is 53.9 Å². The molecule has 2 aliphatic heterocycles. The molecule has 0 aromatic heterocycles. The summed E-state index contributed by atoms with van der Waals surface area (Å²) < 4.78 is 0. The van der Waals surface area contributed by atoms with Gasteiger partial charge in [0.2, 0.25) is 5.91 Å². The zero-order valence-corrected chi connectivity index (χ0v) is 15.2. The summed E-state index contributed by atoms with van der Waals surface area (Å²) in [6.07, 6.45) is 5.73. The third-order valence-electron chi connectivity index (χ3n) is 4.75. The average Bonchev–Trinajstić information content (AvgIpc) is 2.62. The van der Waals surface area contributed by atoms with Crippen molar-refractivity contribution in [3.05, 3.63) is 71.4 Å². The van der Waals surface area contributed by atoms with Crippen LogP contribution in [0, 0.1) is 0 Å². The zero-order chi connectivity index (χ0) is 18.1. The molecule has 0 spiro atoms. The van der Waals surface area contributed by atoms with Gasteiger partial charge in [-0.3, -0.25) is 4.79 Å². The van der Waals surface area contributed by atoms with E-state index in [9.17, 15) is 4.79 Å². The van der Waals surface area contributed by atoms with Gasteiger partial charge in [0.25, 0.3) is 0 Å². The van der Waals surface area contributed by atoms with Crippen molar-refractivity contribution in [2.75, 3.05) is 24.2 Å². The number of nitrogens with one attached hydrogen (secondary N) is 2. The highest BCUT2D eigenvalue weighted by Gasteiger charge is 2.20. The summed E-state index contributed by atoms with van der Waals surface area (Å²) >= 11 is 0. The predicted octanol–water partition coefficient (Wildman–Crippen LogP) is 4.55. The Labute approximate surface area is 154 Å². The minimum absolute atomic E-state index is 0.0775. The lowest BCUT2D eigenvalue weighted by Gasteiger charge is -2.25. The number of fused-ring (bicyclic) bond motifs is 1. The van der Waals surface area contributed by atoms with Gasteiger partial charge in [-0.2, -0.15) is 0 Å².